The van der Waals surface area contributed by atoms with Crippen molar-refractivity contribution in [2.45, 2.75) is 12.5 Å². The summed E-state index contributed by atoms with van der Waals surface area (Å²) < 4.78 is 15.6. The Morgan fingerprint density at radius 2 is 2.30 bits per heavy atom. The largest absolute Gasteiger partial charge is 0.366 e. The number of anilines is 1. The third kappa shape index (κ3) is 2.86. The van der Waals surface area contributed by atoms with Gasteiger partial charge in [-0.2, -0.15) is 0 Å². The van der Waals surface area contributed by atoms with Gasteiger partial charge in [-0.1, -0.05) is 27.5 Å². The molecule has 0 saturated carbocycles. The third-order valence-electron chi connectivity index (χ3n) is 3.82. The number of allylic oxidation sites excluding steroid dienone is 1. The van der Waals surface area contributed by atoms with Gasteiger partial charge in [0.1, 0.15) is 5.70 Å². The fraction of sp³-hybridized carbons (Fsp3) is 0.200. The monoisotopic (exact) mass is 398 g/mol. The number of hydrogen-bond acceptors (Lipinski definition) is 4. The minimum Gasteiger partial charge on any atom is -0.366 e. The highest BCUT2D eigenvalue weighted by Gasteiger charge is 2.36. The molecule has 0 spiro atoms. The molecular formula is C15H13BrClFN4O. The van der Waals surface area contributed by atoms with E-state index in [2.05, 4.69) is 26.2 Å². The first-order valence-electron chi connectivity index (χ1n) is 6.79. The highest BCUT2D eigenvalue weighted by Crippen LogP contribution is 2.38. The average molecular weight is 400 g/mol. The van der Waals surface area contributed by atoms with Gasteiger partial charge in [-0.3, -0.25) is 4.79 Å². The van der Waals surface area contributed by atoms with Crippen molar-refractivity contribution < 1.29 is 9.18 Å². The van der Waals surface area contributed by atoms with Crippen molar-refractivity contribution in [1.82, 2.24) is 4.90 Å². The van der Waals surface area contributed by atoms with Crippen LogP contribution in [0.1, 0.15) is 6.42 Å². The summed E-state index contributed by atoms with van der Waals surface area (Å²) >= 11 is 9.46. The number of likely N-dealkylation sites (N-methyl/N-ethyl adjacent to an activating group) is 1. The van der Waals surface area contributed by atoms with Crippen LogP contribution < -0.4 is 11.1 Å². The zero-order valence-electron chi connectivity index (χ0n) is 12.1. The van der Waals surface area contributed by atoms with Crippen LogP contribution in [0.15, 0.2) is 50.5 Å². The number of rotatable bonds is 3. The maximum atomic E-state index is 14.8. The molecule has 120 valence electrons. The van der Waals surface area contributed by atoms with Crippen LogP contribution >= 0.6 is 27.5 Å². The van der Waals surface area contributed by atoms with Crippen LogP contribution in [0.3, 0.4) is 0 Å². The number of aliphatic imine (C=N–C) groups is 1. The van der Waals surface area contributed by atoms with E-state index in [1.54, 1.807) is 30.1 Å². The number of nitrogens with two attached hydrogens (primary N) is 1. The van der Waals surface area contributed by atoms with E-state index in [9.17, 15) is 9.18 Å². The average Bonchev–Trinajstić information content (AvgIpc) is 2.85. The van der Waals surface area contributed by atoms with Gasteiger partial charge in [0.25, 0.3) is 0 Å². The Morgan fingerprint density at radius 1 is 1.57 bits per heavy atom. The summed E-state index contributed by atoms with van der Waals surface area (Å²) in [5, 5.41) is 3.28. The van der Waals surface area contributed by atoms with Crippen molar-refractivity contribution in [3.8, 4) is 0 Å². The van der Waals surface area contributed by atoms with Crippen LogP contribution in [0, 0.1) is 0 Å². The summed E-state index contributed by atoms with van der Waals surface area (Å²) in [6, 6.07) is 4.80. The Morgan fingerprint density at radius 3 is 2.96 bits per heavy atom. The van der Waals surface area contributed by atoms with E-state index in [0.29, 0.717) is 10.7 Å². The fourth-order valence-corrected chi connectivity index (χ4v) is 3.31. The Bertz CT molecular complexity index is 790. The van der Waals surface area contributed by atoms with Gasteiger partial charge in [0.2, 0.25) is 5.91 Å². The summed E-state index contributed by atoms with van der Waals surface area (Å²) in [6.45, 7) is 0. The Kier molecular flexibility index (Phi) is 4.16. The van der Waals surface area contributed by atoms with Crippen molar-refractivity contribution in [2.24, 2.45) is 10.7 Å². The number of carbonyl (C=O) groups is 1. The number of halogens is 3. The number of nitrogens with zero attached hydrogens (tertiary/aromatic N) is 2. The second kappa shape index (κ2) is 5.98. The highest BCUT2D eigenvalue weighted by molar-refractivity contribution is 9.10. The summed E-state index contributed by atoms with van der Waals surface area (Å²) in [6.07, 6.45) is 1.82. The zero-order chi connectivity index (χ0) is 16.7. The van der Waals surface area contributed by atoms with Gasteiger partial charge in [0.15, 0.2) is 5.83 Å². The lowest BCUT2D eigenvalue weighted by Gasteiger charge is -2.27. The Labute approximate surface area is 145 Å². The molecule has 1 aromatic carbocycles. The second-order valence-electron chi connectivity index (χ2n) is 5.30. The lowest BCUT2D eigenvalue weighted by atomic mass is 9.93. The van der Waals surface area contributed by atoms with E-state index < -0.39 is 11.7 Å². The molecule has 3 rings (SSSR count). The number of benzene rings is 1. The smallest absolute Gasteiger partial charge is 0.246 e. The maximum absolute atomic E-state index is 14.8. The van der Waals surface area contributed by atoms with E-state index in [1.165, 1.54) is 6.34 Å². The summed E-state index contributed by atoms with van der Waals surface area (Å²) in [4.78, 5) is 17.6. The van der Waals surface area contributed by atoms with Gasteiger partial charge >= 0.3 is 0 Å². The number of amides is 1. The van der Waals surface area contributed by atoms with Crippen LogP contribution in [0.5, 0.6) is 0 Å². The lowest BCUT2D eigenvalue weighted by molar-refractivity contribution is -0.114. The molecule has 1 aliphatic heterocycles. The molecule has 2 aliphatic rings. The van der Waals surface area contributed by atoms with Gasteiger partial charge in [0, 0.05) is 23.5 Å². The van der Waals surface area contributed by atoms with Gasteiger partial charge in [0.05, 0.1) is 28.8 Å². The first kappa shape index (κ1) is 16.0. The molecule has 5 nitrogen and oxygen atoms in total. The number of fused-ring (bicyclic) bond motifs is 1. The number of primary amides is 1. The standard InChI is InChI=1S/C15H13BrClFN4O/c1-22-6-20-14-11(22)5-8(15(19)23)13(12(14)18)21-10-3-2-7(16)4-9(10)17/h2-4,6,11,21H,5H2,1H3,(H2,19,23). The molecule has 0 fully saturated rings. The van der Waals surface area contributed by atoms with Crippen LogP contribution in [-0.2, 0) is 4.79 Å². The normalized spacial score (nSPS) is 20.2. The predicted molar refractivity (Wildman–Crippen MR) is 91.8 cm³/mol. The van der Waals surface area contributed by atoms with Gasteiger partial charge in [-0.15, -0.1) is 0 Å². The van der Waals surface area contributed by atoms with Crippen LogP contribution in [0.4, 0.5) is 10.1 Å². The van der Waals surface area contributed by atoms with Crippen molar-refractivity contribution in [3.63, 3.8) is 0 Å². The molecule has 0 aromatic heterocycles. The molecule has 8 heteroatoms. The summed E-state index contributed by atoms with van der Waals surface area (Å²) in [5.74, 6) is -1.26. The third-order valence-corrected chi connectivity index (χ3v) is 4.62. The van der Waals surface area contributed by atoms with Gasteiger partial charge in [-0.25, -0.2) is 9.38 Å². The molecule has 23 heavy (non-hydrogen) atoms. The fourth-order valence-electron chi connectivity index (χ4n) is 2.59. The number of hydrogen-bond donors (Lipinski definition) is 2. The summed E-state index contributed by atoms with van der Waals surface area (Å²) in [7, 11) is 1.77. The first-order valence-corrected chi connectivity index (χ1v) is 7.96. The molecule has 1 aliphatic carbocycles. The molecule has 1 amide bonds. The molecular weight excluding hydrogens is 387 g/mol. The molecule has 0 radical (unpaired) electrons. The number of carbonyl (C=O) groups excluding carboxylic acids is 1. The maximum Gasteiger partial charge on any atom is 0.246 e. The number of nitrogens with one attached hydrogen (secondary N) is 1. The van der Waals surface area contributed by atoms with E-state index in [4.69, 9.17) is 17.3 Å². The van der Waals surface area contributed by atoms with E-state index >= 15 is 0 Å². The first-order chi connectivity index (χ1) is 10.9. The van der Waals surface area contributed by atoms with E-state index in [-0.39, 0.29) is 29.4 Å². The minimum absolute atomic E-state index is 0.0282. The molecule has 0 saturated heterocycles. The molecule has 1 atom stereocenters. The van der Waals surface area contributed by atoms with Gasteiger partial charge in [-0.05, 0) is 18.2 Å². The van der Waals surface area contributed by atoms with Crippen molar-refractivity contribution in [3.05, 3.63) is 50.5 Å². The quantitative estimate of drug-likeness (QED) is 0.820. The topological polar surface area (TPSA) is 70.7 Å². The van der Waals surface area contributed by atoms with Crippen LogP contribution in [0.2, 0.25) is 5.02 Å². The minimum atomic E-state index is -0.671. The summed E-state index contributed by atoms with van der Waals surface area (Å²) in [5.41, 5.74) is 6.42. The zero-order valence-corrected chi connectivity index (χ0v) is 14.4. The van der Waals surface area contributed by atoms with Crippen molar-refractivity contribution >= 4 is 45.5 Å². The van der Waals surface area contributed by atoms with Crippen molar-refractivity contribution in [1.29, 1.82) is 0 Å². The highest BCUT2D eigenvalue weighted by atomic mass is 79.9. The molecule has 1 aromatic rings. The molecule has 1 heterocycles. The van der Waals surface area contributed by atoms with Gasteiger partial charge < -0.3 is 16.0 Å². The second-order valence-corrected chi connectivity index (χ2v) is 6.62. The SMILES string of the molecule is CN1C=NC2=C(F)C(Nc3ccc(Br)cc3Cl)=C(C(N)=O)CC21. The Hall–Kier alpha value is -1.86. The predicted octanol–water partition coefficient (Wildman–Crippen LogP) is 3.18. The van der Waals surface area contributed by atoms with Crippen LogP contribution in [-0.4, -0.2) is 30.2 Å². The molecule has 0 bridgehead atoms. The molecule has 3 N–H and O–H groups in total. The molecule has 1 unspecified atom stereocenters. The van der Waals surface area contributed by atoms with Crippen LogP contribution in [0.25, 0.3) is 0 Å². The van der Waals surface area contributed by atoms with E-state index in [1.807, 2.05) is 0 Å². The van der Waals surface area contributed by atoms with E-state index in [0.717, 1.165) is 4.47 Å². The Balaban J connectivity index is 2.05. The van der Waals surface area contributed by atoms with Crippen molar-refractivity contribution in [2.75, 3.05) is 12.4 Å². The lowest BCUT2D eigenvalue weighted by Crippen LogP contribution is -2.34.